The molecule has 0 spiro atoms. The van der Waals surface area contributed by atoms with E-state index >= 15 is 0 Å². The number of carboxylic acid groups (broad SMARTS) is 4. The quantitative estimate of drug-likeness (QED) is 0.0542. The molecule has 0 heterocycles. The van der Waals surface area contributed by atoms with E-state index in [1.54, 1.807) is 0 Å². The number of aliphatic carboxylic acids is 4. The maximum atomic E-state index is 10.6. The SMILES string of the molecule is CCCOCC(=O)CC(=O)[O-].CCCOCC(=O)CC(=O)[O-].CCCOCC(=O)CC(=O)[O-].CCCOCC(=O)CC(=O)[O-].[Ti+4]. The molecule has 0 bridgehead atoms. The molecular weight excluding hydrogens is 640 g/mol. The molecule has 45 heavy (non-hydrogen) atoms. The Balaban J connectivity index is -0.000000157. The minimum atomic E-state index is -1.35. The maximum absolute atomic E-state index is 10.6. The van der Waals surface area contributed by atoms with E-state index < -0.39 is 72.7 Å². The van der Waals surface area contributed by atoms with Gasteiger partial charge >= 0.3 is 21.7 Å². The van der Waals surface area contributed by atoms with Gasteiger partial charge < -0.3 is 58.6 Å². The average Bonchev–Trinajstić information content (AvgIpc) is 2.89. The summed E-state index contributed by atoms with van der Waals surface area (Å²) < 4.78 is 19.2. The van der Waals surface area contributed by atoms with Gasteiger partial charge in [0.2, 0.25) is 0 Å². The van der Waals surface area contributed by atoms with Crippen LogP contribution in [-0.4, -0.2) is 99.9 Å². The second-order valence-corrected chi connectivity index (χ2v) is 8.56. The van der Waals surface area contributed by atoms with Gasteiger partial charge in [0.25, 0.3) is 0 Å². The molecule has 0 atom stereocenters. The van der Waals surface area contributed by atoms with E-state index in [4.69, 9.17) is 18.9 Å². The number of rotatable bonds is 24. The average molecular weight is 685 g/mol. The molecule has 0 saturated carbocycles. The topological polar surface area (TPSA) is 266 Å². The van der Waals surface area contributed by atoms with Crippen molar-refractivity contribution < 1.29 is 99.4 Å². The van der Waals surface area contributed by atoms with Crippen LogP contribution in [0.4, 0.5) is 0 Å². The summed E-state index contributed by atoms with van der Waals surface area (Å²) in [5.74, 6) is -7.19. The first kappa shape index (κ1) is 51.7. The molecule has 0 amide bonds. The Hall–Kier alpha value is -2.89. The van der Waals surface area contributed by atoms with Gasteiger partial charge in [-0.2, -0.15) is 0 Å². The maximum Gasteiger partial charge on any atom is 4.00 e. The number of hydrogen-bond acceptors (Lipinski definition) is 16. The first-order chi connectivity index (χ1) is 20.7. The second-order valence-electron chi connectivity index (χ2n) is 8.56. The van der Waals surface area contributed by atoms with Crippen molar-refractivity contribution in [2.75, 3.05) is 52.9 Å². The Kier molecular flexibility index (Phi) is 44.9. The van der Waals surface area contributed by atoms with Gasteiger partial charge in [-0.25, -0.2) is 0 Å². The second kappa shape index (κ2) is 39.1. The third-order valence-corrected chi connectivity index (χ3v) is 3.81. The Labute approximate surface area is 278 Å². The van der Waals surface area contributed by atoms with Crippen LogP contribution in [0.15, 0.2) is 0 Å². The summed E-state index contributed by atoms with van der Waals surface area (Å²) in [6, 6.07) is 0. The van der Waals surface area contributed by atoms with Crippen LogP contribution in [0.1, 0.15) is 79.1 Å². The van der Waals surface area contributed by atoms with Gasteiger partial charge in [0, 0.05) is 76.0 Å². The van der Waals surface area contributed by atoms with Crippen molar-refractivity contribution in [3.05, 3.63) is 0 Å². The molecule has 0 saturated heterocycles. The van der Waals surface area contributed by atoms with Crippen molar-refractivity contribution in [3.8, 4) is 0 Å². The van der Waals surface area contributed by atoms with Crippen LogP contribution >= 0.6 is 0 Å². The predicted molar refractivity (Wildman–Crippen MR) is 143 cm³/mol. The largest absolute Gasteiger partial charge is 4.00 e. The Morgan fingerprint density at radius 2 is 0.533 bits per heavy atom. The van der Waals surface area contributed by atoms with E-state index in [0.717, 1.165) is 25.7 Å². The standard InChI is InChI=1S/4C7H12O4.Ti/c4*1-2-3-11-5-6(8)4-7(9)10;/h4*2-5H2,1H3,(H,9,10);/q;;;;+4/p-4. The van der Waals surface area contributed by atoms with Crippen LogP contribution in [-0.2, 0) is 79.0 Å². The third-order valence-electron chi connectivity index (χ3n) is 3.81. The molecule has 0 aromatic heterocycles. The van der Waals surface area contributed by atoms with Gasteiger partial charge in [0.1, 0.15) is 26.4 Å². The van der Waals surface area contributed by atoms with Crippen LogP contribution in [0.5, 0.6) is 0 Å². The van der Waals surface area contributed by atoms with E-state index in [2.05, 4.69) is 0 Å². The van der Waals surface area contributed by atoms with Crippen LogP contribution in [0.25, 0.3) is 0 Å². The van der Waals surface area contributed by atoms with Crippen LogP contribution in [0.2, 0.25) is 0 Å². The zero-order chi connectivity index (χ0) is 34.8. The number of carbonyl (C=O) groups is 8. The van der Waals surface area contributed by atoms with Crippen LogP contribution in [0, 0.1) is 0 Å². The van der Waals surface area contributed by atoms with E-state index in [0.29, 0.717) is 26.4 Å². The fourth-order valence-electron chi connectivity index (χ4n) is 2.17. The van der Waals surface area contributed by atoms with E-state index in [-0.39, 0.29) is 48.1 Å². The summed E-state index contributed by atoms with van der Waals surface area (Å²) >= 11 is 0. The van der Waals surface area contributed by atoms with Crippen LogP contribution < -0.4 is 20.4 Å². The van der Waals surface area contributed by atoms with Crippen LogP contribution in [0.3, 0.4) is 0 Å². The zero-order valence-electron chi connectivity index (χ0n) is 26.3. The summed E-state index contributed by atoms with van der Waals surface area (Å²) in [4.78, 5) is 81.7. The first-order valence-corrected chi connectivity index (χ1v) is 13.8. The summed E-state index contributed by atoms with van der Waals surface area (Å²) in [6.07, 6.45) is 1.06. The molecule has 0 aliphatic carbocycles. The predicted octanol–water partition coefficient (Wildman–Crippen LogP) is -3.51. The van der Waals surface area contributed by atoms with Crippen molar-refractivity contribution in [3.63, 3.8) is 0 Å². The smallest absolute Gasteiger partial charge is 0.550 e. The molecule has 0 aromatic rings. The molecule has 0 N–H and O–H groups in total. The summed E-state index contributed by atoms with van der Waals surface area (Å²) in [5.41, 5.74) is 0. The molecule has 0 unspecified atom stereocenters. The van der Waals surface area contributed by atoms with Gasteiger partial charge in [0.05, 0.1) is 0 Å². The molecule has 0 fully saturated rings. The first-order valence-electron chi connectivity index (χ1n) is 13.8. The molecule has 0 aliphatic heterocycles. The minimum absolute atomic E-state index is 0. The van der Waals surface area contributed by atoms with Gasteiger partial charge in [0.15, 0.2) is 23.1 Å². The van der Waals surface area contributed by atoms with Crippen molar-refractivity contribution >= 4 is 47.0 Å². The summed E-state index contributed by atoms with van der Waals surface area (Å²) in [5, 5.41) is 39.4. The van der Waals surface area contributed by atoms with Crippen molar-refractivity contribution in [2.24, 2.45) is 0 Å². The van der Waals surface area contributed by atoms with Gasteiger partial charge in [-0.3, -0.25) is 19.2 Å². The molecule has 256 valence electrons. The van der Waals surface area contributed by atoms with E-state index in [1.165, 1.54) is 0 Å². The number of carbonyl (C=O) groups excluding carboxylic acids is 8. The fourth-order valence-corrected chi connectivity index (χ4v) is 2.17. The van der Waals surface area contributed by atoms with Crippen molar-refractivity contribution in [1.82, 2.24) is 0 Å². The molecule has 17 heteroatoms. The van der Waals surface area contributed by atoms with E-state index in [1.807, 2.05) is 27.7 Å². The number of hydrogen-bond donors (Lipinski definition) is 0. The zero-order valence-corrected chi connectivity index (χ0v) is 27.9. The fraction of sp³-hybridized carbons (Fsp3) is 0.714. The molecule has 0 aliphatic rings. The van der Waals surface area contributed by atoms with Gasteiger partial charge in [-0.05, 0) is 25.7 Å². The molecule has 0 radical (unpaired) electrons. The number of ketones is 4. The van der Waals surface area contributed by atoms with Crippen molar-refractivity contribution in [2.45, 2.75) is 79.1 Å². The summed E-state index contributed by atoms with van der Waals surface area (Å²) in [6.45, 7) is 9.07. The Morgan fingerprint density at radius 3 is 0.644 bits per heavy atom. The Morgan fingerprint density at radius 1 is 0.378 bits per heavy atom. The monoisotopic (exact) mass is 684 g/mol. The minimum Gasteiger partial charge on any atom is -0.550 e. The number of ether oxygens (including phenoxy) is 4. The molecule has 0 aromatic carbocycles. The van der Waals surface area contributed by atoms with Crippen molar-refractivity contribution in [1.29, 1.82) is 0 Å². The molecule has 16 nitrogen and oxygen atoms in total. The number of Topliss-reactive ketones (excluding diaryl/α,β-unsaturated/α-hetero) is 4. The normalized spacial score (nSPS) is 9.33. The Bertz CT molecular complexity index is 708. The number of carboxylic acids is 4. The third kappa shape index (κ3) is 57.4. The van der Waals surface area contributed by atoms with Gasteiger partial charge in [-0.15, -0.1) is 0 Å². The molecule has 0 rings (SSSR count). The van der Waals surface area contributed by atoms with E-state index in [9.17, 15) is 58.8 Å². The molecular formula is C28H44O16Ti. The van der Waals surface area contributed by atoms with Gasteiger partial charge in [-0.1, -0.05) is 27.7 Å². The summed E-state index contributed by atoms with van der Waals surface area (Å²) in [7, 11) is 0.